The lowest BCUT2D eigenvalue weighted by atomic mass is 9.43. The minimum Gasteiger partial charge on any atom is -0.393 e. The molecule has 0 amide bonds. The van der Waals surface area contributed by atoms with Crippen LogP contribution in [0.4, 0.5) is 0 Å². The van der Waals surface area contributed by atoms with Gasteiger partial charge in [0.15, 0.2) is 5.79 Å². The maximum absolute atomic E-state index is 10.6. The molecular weight excluding hydrogens is 384 g/mol. The van der Waals surface area contributed by atoms with E-state index < -0.39 is 0 Å². The van der Waals surface area contributed by atoms with Crippen molar-refractivity contribution in [3.05, 3.63) is 0 Å². The molecule has 0 bridgehead atoms. The molecule has 0 aromatic rings. The fraction of sp³-hybridized carbons (Fsp3) is 1.00. The molecular formula is C28H46O3. The summed E-state index contributed by atoms with van der Waals surface area (Å²) >= 11 is 0. The van der Waals surface area contributed by atoms with Crippen molar-refractivity contribution in [3.63, 3.8) is 0 Å². The van der Waals surface area contributed by atoms with Crippen LogP contribution in [0.5, 0.6) is 0 Å². The molecule has 0 aromatic carbocycles. The Kier molecular flexibility index (Phi) is 4.80. The molecule has 2 aliphatic heterocycles. The molecule has 3 nitrogen and oxygen atoms in total. The molecule has 6 rings (SSSR count). The molecule has 0 aromatic heterocycles. The fourth-order valence-corrected chi connectivity index (χ4v) is 10.7. The number of ether oxygens (including phenoxy) is 2. The summed E-state index contributed by atoms with van der Waals surface area (Å²) in [5.74, 6) is 5.32. The zero-order valence-electron chi connectivity index (χ0n) is 20.6. The van der Waals surface area contributed by atoms with E-state index in [2.05, 4.69) is 34.6 Å². The summed E-state index contributed by atoms with van der Waals surface area (Å²) in [7, 11) is 0. The molecule has 4 saturated carbocycles. The lowest BCUT2D eigenvalue weighted by Gasteiger charge is -2.62. The van der Waals surface area contributed by atoms with Gasteiger partial charge in [0.05, 0.1) is 18.8 Å². The highest BCUT2D eigenvalue weighted by Crippen LogP contribution is 2.71. The van der Waals surface area contributed by atoms with Gasteiger partial charge in [0.1, 0.15) is 0 Å². The Morgan fingerprint density at radius 1 is 0.806 bits per heavy atom. The van der Waals surface area contributed by atoms with Crippen LogP contribution in [0, 0.1) is 58.2 Å². The molecule has 2 saturated heterocycles. The standard InChI is InChI=1S/C28H46O3/c1-16-8-13-28(30-15-16)18(3)25-24(31-28)14-22-19-6-7-20-17(2)23(29)10-12-26(20,4)21(19)9-11-27(22,25)5/h16-25,29H,6-15H2,1-5H3/t16?,17?,18-,19?,20+,21?,22?,23-,24-,25?,26-,27-,28?/m0/s1. The van der Waals surface area contributed by atoms with Gasteiger partial charge < -0.3 is 14.6 Å². The summed E-state index contributed by atoms with van der Waals surface area (Å²) in [6.45, 7) is 13.2. The van der Waals surface area contributed by atoms with E-state index in [9.17, 15) is 5.11 Å². The van der Waals surface area contributed by atoms with Crippen LogP contribution >= 0.6 is 0 Å². The van der Waals surface area contributed by atoms with E-state index in [4.69, 9.17) is 9.47 Å². The van der Waals surface area contributed by atoms with Gasteiger partial charge in [-0.3, -0.25) is 0 Å². The molecule has 7 unspecified atom stereocenters. The first-order valence-electron chi connectivity index (χ1n) is 13.7. The van der Waals surface area contributed by atoms with Gasteiger partial charge in [0.25, 0.3) is 0 Å². The first-order valence-corrected chi connectivity index (χ1v) is 13.7. The number of fused-ring (bicyclic) bond motifs is 7. The summed E-state index contributed by atoms with van der Waals surface area (Å²) < 4.78 is 13.4. The van der Waals surface area contributed by atoms with Crippen LogP contribution in [0.2, 0.25) is 0 Å². The molecule has 31 heavy (non-hydrogen) atoms. The molecule has 1 N–H and O–H groups in total. The van der Waals surface area contributed by atoms with Crippen LogP contribution in [0.25, 0.3) is 0 Å². The van der Waals surface area contributed by atoms with Crippen LogP contribution in [0.3, 0.4) is 0 Å². The average molecular weight is 431 g/mol. The number of hydrogen-bond donors (Lipinski definition) is 1. The van der Waals surface area contributed by atoms with E-state index in [0.29, 0.717) is 40.6 Å². The Morgan fingerprint density at radius 2 is 1.58 bits per heavy atom. The van der Waals surface area contributed by atoms with Crippen molar-refractivity contribution in [1.82, 2.24) is 0 Å². The van der Waals surface area contributed by atoms with E-state index in [-0.39, 0.29) is 11.9 Å². The van der Waals surface area contributed by atoms with Gasteiger partial charge in [-0.2, -0.15) is 0 Å². The maximum Gasteiger partial charge on any atom is 0.171 e. The molecule has 6 aliphatic rings. The van der Waals surface area contributed by atoms with Gasteiger partial charge in [-0.1, -0.05) is 34.6 Å². The first kappa shape index (κ1) is 21.4. The highest BCUT2D eigenvalue weighted by molar-refractivity contribution is 5.15. The van der Waals surface area contributed by atoms with E-state index in [1.807, 2.05) is 0 Å². The number of aliphatic hydroxyl groups is 1. The van der Waals surface area contributed by atoms with Crippen molar-refractivity contribution in [2.75, 3.05) is 6.61 Å². The van der Waals surface area contributed by atoms with Crippen molar-refractivity contribution in [2.45, 2.75) is 110 Å². The SMILES string of the molecule is CC1CCC2(OC1)O[C@H]1CC3C4CC[C@@H]5C(C)[C@@H](O)CC[C@]5(C)C4CC[C@]3(C)C1[C@@H]2C. The Balaban J connectivity index is 1.26. The zero-order valence-corrected chi connectivity index (χ0v) is 20.6. The predicted octanol–water partition coefficient (Wildman–Crippen LogP) is 6.04. The molecule has 6 fully saturated rings. The van der Waals surface area contributed by atoms with Gasteiger partial charge in [-0.15, -0.1) is 0 Å². The predicted molar refractivity (Wildman–Crippen MR) is 122 cm³/mol. The molecule has 176 valence electrons. The van der Waals surface area contributed by atoms with Crippen molar-refractivity contribution in [3.8, 4) is 0 Å². The second-order valence-corrected chi connectivity index (χ2v) is 13.5. The van der Waals surface area contributed by atoms with Crippen molar-refractivity contribution < 1.29 is 14.6 Å². The third kappa shape index (κ3) is 2.75. The Morgan fingerprint density at radius 3 is 2.32 bits per heavy atom. The maximum atomic E-state index is 10.6. The molecule has 4 aliphatic carbocycles. The summed E-state index contributed by atoms with van der Waals surface area (Å²) in [6.07, 6.45) is 11.7. The second kappa shape index (κ2) is 6.95. The Bertz CT molecular complexity index is 713. The lowest BCUT2D eigenvalue weighted by Crippen LogP contribution is -2.56. The highest BCUT2D eigenvalue weighted by Gasteiger charge is 2.69. The Labute approximate surface area is 190 Å². The summed E-state index contributed by atoms with van der Waals surface area (Å²) in [4.78, 5) is 0. The topological polar surface area (TPSA) is 38.7 Å². The number of hydrogen-bond acceptors (Lipinski definition) is 3. The van der Waals surface area contributed by atoms with Crippen LogP contribution in [0.1, 0.15) is 92.4 Å². The van der Waals surface area contributed by atoms with E-state index in [1.54, 1.807) is 0 Å². The third-order valence-corrected chi connectivity index (χ3v) is 12.4. The van der Waals surface area contributed by atoms with E-state index in [1.165, 1.54) is 44.9 Å². The molecule has 13 atom stereocenters. The van der Waals surface area contributed by atoms with Crippen LogP contribution in [0.15, 0.2) is 0 Å². The molecule has 0 radical (unpaired) electrons. The molecule has 1 spiro atoms. The number of rotatable bonds is 0. The van der Waals surface area contributed by atoms with Gasteiger partial charge in [-0.05, 0) is 104 Å². The first-order chi connectivity index (χ1) is 14.7. The second-order valence-electron chi connectivity index (χ2n) is 13.5. The van der Waals surface area contributed by atoms with Gasteiger partial charge in [-0.25, -0.2) is 0 Å². The fourth-order valence-electron chi connectivity index (χ4n) is 10.7. The minimum atomic E-state index is -0.286. The molecule has 3 heteroatoms. The smallest absolute Gasteiger partial charge is 0.171 e. The monoisotopic (exact) mass is 430 g/mol. The normalized spacial score (nSPS) is 63.3. The summed E-state index contributed by atoms with van der Waals surface area (Å²) in [5, 5.41) is 10.6. The van der Waals surface area contributed by atoms with E-state index >= 15 is 0 Å². The number of aliphatic hydroxyl groups excluding tert-OH is 1. The van der Waals surface area contributed by atoms with Crippen molar-refractivity contribution in [1.29, 1.82) is 0 Å². The average Bonchev–Trinajstić information content (AvgIpc) is 3.18. The summed E-state index contributed by atoms with van der Waals surface area (Å²) in [6, 6.07) is 0. The Hall–Kier alpha value is -0.120. The zero-order chi connectivity index (χ0) is 21.8. The van der Waals surface area contributed by atoms with Gasteiger partial charge in [0, 0.05) is 12.3 Å². The lowest BCUT2D eigenvalue weighted by molar-refractivity contribution is -0.273. The minimum absolute atomic E-state index is 0.0713. The van der Waals surface area contributed by atoms with Crippen LogP contribution < -0.4 is 0 Å². The van der Waals surface area contributed by atoms with Crippen molar-refractivity contribution >= 4 is 0 Å². The van der Waals surface area contributed by atoms with Gasteiger partial charge in [0.2, 0.25) is 0 Å². The van der Waals surface area contributed by atoms with Gasteiger partial charge >= 0.3 is 0 Å². The van der Waals surface area contributed by atoms with Crippen molar-refractivity contribution in [2.24, 2.45) is 58.2 Å². The highest BCUT2D eigenvalue weighted by atomic mass is 16.7. The van der Waals surface area contributed by atoms with Crippen LogP contribution in [-0.2, 0) is 9.47 Å². The van der Waals surface area contributed by atoms with Crippen LogP contribution in [-0.4, -0.2) is 29.7 Å². The third-order valence-electron chi connectivity index (χ3n) is 12.4. The summed E-state index contributed by atoms with van der Waals surface area (Å²) in [5.41, 5.74) is 0.862. The quantitative estimate of drug-likeness (QED) is 0.509. The largest absolute Gasteiger partial charge is 0.393 e. The van der Waals surface area contributed by atoms with E-state index in [0.717, 1.165) is 43.1 Å². The molecule has 2 heterocycles.